The number of primary amides is 1. The number of benzene rings is 1. The van der Waals surface area contributed by atoms with E-state index >= 15 is 0 Å². The monoisotopic (exact) mass is 356 g/mol. The first-order valence-electron chi connectivity index (χ1n) is 6.47. The van der Waals surface area contributed by atoms with Gasteiger partial charge in [0, 0.05) is 23.6 Å². The van der Waals surface area contributed by atoms with Crippen molar-refractivity contribution < 1.29 is 13.2 Å². The predicted molar refractivity (Wildman–Crippen MR) is 90.6 cm³/mol. The van der Waals surface area contributed by atoms with Crippen molar-refractivity contribution >= 4 is 39.0 Å². The number of hydrogen-bond acceptors (Lipinski definition) is 5. The first kappa shape index (κ1) is 17.0. The van der Waals surface area contributed by atoms with Gasteiger partial charge in [0.15, 0.2) is 0 Å². The maximum atomic E-state index is 12.1. The van der Waals surface area contributed by atoms with Gasteiger partial charge in [-0.2, -0.15) is 23.1 Å². The van der Waals surface area contributed by atoms with Crippen molar-refractivity contribution in [2.75, 3.05) is 12.3 Å². The van der Waals surface area contributed by atoms with E-state index in [4.69, 9.17) is 5.73 Å². The molecule has 0 atom stereocenters. The van der Waals surface area contributed by atoms with Crippen LogP contribution in [0.25, 0.3) is 0 Å². The highest BCUT2D eigenvalue weighted by molar-refractivity contribution is 7.98. The van der Waals surface area contributed by atoms with Crippen LogP contribution in [0.3, 0.4) is 0 Å². The Labute approximate surface area is 138 Å². The molecule has 8 heteroatoms. The van der Waals surface area contributed by atoms with E-state index in [9.17, 15) is 13.2 Å². The van der Waals surface area contributed by atoms with Crippen LogP contribution in [-0.2, 0) is 15.8 Å². The van der Waals surface area contributed by atoms with Crippen LogP contribution >= 0.6 is 23.1 Å². The standard InChI is InChI=1S/C14H16N2O3S3/c15-14(17)12-1-3-13(4-2-12)22(18,19)16-6-8-21-10-11-5-7-20-9-11/h1-5,7,9,16H,6,8,10H2,(H2,15,17). The zero-order valence-electron chi connectivity index (χ0n) is 11.7. The molecule has 0 aliphatic rings. The number of carbonyl (C=O) groups is 1. The third-order valence-electron chi connectivity index (χ3n) is 2.84. The van der Waals surface area contributed by atoms with E-state index in [2.05, 4.69) is 16.2 Å². The zero-order valence-corrected chi connectivity index (χ0v) is 14.1. The first-order valence-corrected chi connectivity index (χ1v) is 10.1. The molecule has 0 saturated carbocycles. The number of sulfonamides is 1. The first-order chi connectivity index (χ1) is 10.5. The second kappa shape index (κ2) is 7.77. The Balaban J connectivity index is 1.81. The molecule has 5 nitrogen and oxygen atoms in total. The maximum Gasteiger partial charge on any atom is 0.248 e. The van der Waals surface area contributed by atoms with Crippen molar-refractivity contribution in [1.29, 1.82) is 0 Å². The molecule has 0 aliphatic carbocycles. The SMILES string of the molecule is NC(=O)c1ccc(S(=O)(=O)NCCSCc2ccsc2)cc1. The molecule has 2 rings (SSSR count). The summed E-state index contributed by atoms with van der Waals surface area (Å²) in [7, 11) is -3.55. The highest BCUT2D eigenvalue weighted by Gasteiger charge is 2.13. The van der Waals surface area contributed by atoms with Gasteiger partial charge in [-0.15, -0.1) is 0 Å². The summed E-state index contributed by atoms with van der Waals surface area (Å²) in [4.78, 5) is 11.1. The highest BCUT2D eigenvalue weighted by Crippen LogP contribution is 2.15. The molecule has 0 bridgehead atoms. The van der Waals surface area contributed by atoms with Crippen LogP contribution in [0.4, 0.5) is 0 Å². The highest BCUT2D eigenvalue weighted by atomic mass is 32.2. The fourth-order valence-electron chi connectivity index (χ4n) is 1.69. The summed E-state index contributed by atoms with van der Waals surface area (Å²) in [6.45, 7) is 0.356. The number of thiophene rings is 1. The van der Waals surface area contributed by atoms with Crippen molar-refractivity contribution in [2.45, 2.75) is 10.6 Å². The van der Waals surface area contributed by atoms with Crippen molar-refractivity contribution in [2.24, 2.45) is 5.73 Å². The van der Waals surface area contributed by atoms with Gasteiger partial charge < -0.3 is 5.73 Å². The van der Waals surface area contributed by atoms with Crippen molar-refractivity contribution in [3.63, 3.8) is 0 Å². The van der Waals surface area contributed by atoms with Gasteiger partial charge in [-0.1, -0.05) is 0 Å². The summed E-state index contributed by atoms with van der Waals surface area (Å²) < 4.78 is 26.7. The van der Waals surface area contributed by atoms with Crippen LogP contribution in [0, 0.1) is 0 Å². The van der Waals surface area contributed by atoms with E-state index in [-0.39, 0.29) is 10.5 Å². The summed E-state index contributed by atoms with van der Waals surface area (Å²) in [5.41, 5.74) is 6.65. The van der Waals surface area contributed by atoms with Crippen LogP contribution in [0.15, 0.2) is 46.0 Å². The lowest BCUT2D eigenvalue weighted by atomic mass is 10.2. The Hall–Kier alpha value is -1.35. The number of thioether (sulfide) groups is 1. The van der Waals surface area contributed by atoms with Crippen LogP contribution in [0.1, 0.15) is 15.9 Å². The normalized spacial score (nSPS) is 11.5. The molecule has 0 saturated heterocycles. The fraction of sp³-hybridized carbons (Fsp3) is 0.214. The average molecular weight is 356 g/mol. The fourth-order valence-corrected chi connectivity index (χ4v) is 4.44. The molecular weight excluding hydrogens is 340 g/mol. The van der Waals surface area contributed by atoms with Crippen LogP contribution in [-0.4, -0.2) is 26.6 Å². The van der Waals surface area contributed by atoms with Gasteiger partial charge >= 0.3 is 0 Å². The van der Waals surface area contributed by atoms with Crippen LogP contribution in [0.2, 0.25) is 0 Å². The number of rotatable bonds is 8. The van der Waals surface area contributed by atoms with Crippen LogP contribution in [0.5, 0.6) is 0 Å². The van der Waals surface area contributed by atoms with Gasteiger partial charge in [-0.05, 0) is 46.7 Å². The Morgan fingerprint density at radius 3 is 2.55 bits per heavy atom. The molecular formula is C14H16N2O3S3. The molecule has 22 heavy (non-hydrogen) atoms. The largest absolute Gasteiger partial charge is 0.366 e. The van der Waals surface area contributed by atoms with E-state index in [0.29, 0.717) is 12.3 Å². The number of carbonyl (C=O) groups excluding carboxylic acids is 1. The summed E-state index contributed by atoms with van der Waals surface area (Å²) in [6, 6.07) is 7.62. The van der Waals surface area contributed by atoms with Gasteiger partial charge in [0.1, 0.15) is 0 Å². The van der Waals surface area contributed by atoms with E-state index in [1.165, 1.54) is 29.8 Å². The Kier molecular flexibility index (Phi) is 6.01. The molecule has 1 amide bonds. The van der Waals surface area contributed by atoms with Crippen LogP contribution < -0.4 is 10.5 Å². The van der Waals surface area contributed by atoms with Gasteiger partial charge in [0.2, 0.25) is 15.9 Å². The Morgan fingerprint density at radius 2 is 1.95 bits per heavy atom. The van der Waals surface area contributed by atoms with E-state index in [0.717, 1.165) is 5.75 Å². The molecule has 118 valence electrons. The van der Waals surface area contributed by atoms with Crippen molar-refractivity contribution in [3.05, 3.63) is 52.2 Å². The van der Waals surface area contributed by atoms with Gasteiger partial charge in [-0.25, -0.2) is 13.1 Å². The summed E-state index contributed by atoms with van der Waals surface area (Å²) >= 11 is 3.32. The van der Waals surface area contributed by atoms with Gasteiger partial charge in [-0.3, -0.25) is 4.79 Å². The topological polar surface area (TPSA) is 89.3 Å². The third kappa shape index (κ3) is 4.84. The van der Waals surface area contributed by atoms with Crippen molar-refractivity contribution in [3.8, 4) is 0 Å². The van der Waals surface area contributed by atoms with Gasteiger partial charge in [0.25, 0.3) is 0 Å². The predicted octanol–water partition coefficient (Wildman–Crippen LogP) is 2.06. The molecule has 0 unspecified atom stereocenters. The van der Waals surface area contributed by atoms with Gasteiger partial charge in [0.05, 0.1) is 4.90 Å². The number of amides is 1. The zero-order chi connectivity index (χ0) is 16.0. The number of nitrogens with two attached hydrogens (primary N) is 1. The molecule has 1 heterocycles. The molecule has 1 aromatic carbocycles. The Bertz CT molecular complexity index is 710. The lowest BCUT2D eigenvalue weighted by molar-refractivity contribution is 0.1000. The van der Waals surface area contributed by atoms with Crippen molar-refractivity contribution in [1.82, 2.24) is 4.72 Å². The second-order valence-electron chi connectivity index (χ2n) is 4.47. The summed E-state index contributed by atoms with van der Waals surface area (Å²) in [5.74, 6) is 0.981. The summed E-state index contributed by atoms with van der Waals surface area (Å²) in [5, 5.41) is 4.10. The number of hydrogen-bond donors (Lipinski definition) is 2. The molecule has 2 aromatic rings. The lowest BCUT2D eigenvalue weighted by Crippen LogP contribution is -2.26. The van der Waals surface area contributed by atoms with E-state index in [1.807, 2.05) is 5.38 Å². The molecule has 0 radical (unpaired) electrons. The quantitative estimate of drug-likeness (QED) is 0.709. The van der Waals surface area contributed by atoms with E-state index < -0.39 is 15.9 Å². The average Bonchev–Trinajstić information content (AvgIpc) is 3.00. The maximum absolute atomic E-state index is 12.1. The number of nitrogens with one attached hydrogen (secondary N) is 1. The smallest absolute Gasteiger partial charge is 0.248 e. The molecule has 0 spiro atoms. The molecule has 0 aliphatic heterocycles. The Morgan fingerprint density at radius 1 is 1.23 bits per heavy atom. The molecule has 3 N–H and O–H groups in total. The molecule has 0 fully saturated rings. The minimum absolute atomic E-state index is 0.125. The minimum Gasteiger partial charge on any atom is -0.366 e. The molecule has 1 aromatic heterocycles. The third-order valence-corrected chi connectivity index (χ3v) is 6.08. The minimum atomic E-state index is -3.55. The second-order valence-corrected chi connectivity index (χ2v) is 8.12. The van der Waals surface area contributed by atoms with E-state index in [1.54, 1.807) is 23.1 Å². The summed E-state index contributed by atoms with van der Waals surface area (Å²) in [6.07, 6.45) is 0. The lowest BCUT2D eigenvalue weighted by Gasteiger charge is -2.07.